The number of carbonyl (C=O) groups is 2. The smallest absolute Gasteiger partial charge is 0.334 e. The summed E-state index contributed by atoms with van der Waals surface area (Å²) in [6.07, 6.45) is 2.87. The molecule has 4 bridgehead atoms. The SMILES string of the molecule is COC(=O)C1=C2C(=O)C3C(O)CCN4C3CC(CO[Si](c3ccccc3)(c3ccccc3)C(C)(C)C)C24CCC1. The summed E-state index contributed by atoms with van der Waals surface area (Å²) in [6.45, 7) is 8.06. The largest absolute Gasteiger partial charge is 0.466 e. The Morgan fingerprint density at radius 3 is 2.27 bits per heavy atom. The minimum Gasteiger partial charge on any atom is -0.466 e. The molecule has 212 valence electrons. The van der Waals surface area contributed by atoms with Crippen LogP contribution in [0.4, 0.5) is 0 Å². The first-order chi connectivity index (χ1) is 19.2. The molecule has 3 saturated heterocycles. The Morgan fingerprint density at radius 2 is 1.70 bits per heavy atom. The van der Waals surface area contributed by atoms with Gasteiger partial charge in [0.25, 0.3) is 8.32 Å². The van der Waals surface area contributed by atoms with E-state index in [2.05, 4.69) is 74.2 Å². The third kappa shape index (κ3) is 3.85. The molecule has 6 rings (SSSR count). The second-order valence-corrected chi connectivity index (χ2v) is 17.3. The number of benzene rings is 2. The van der Waals surface area contributed by atoms with Crippen molar-refractivity contribution in [2.24, 2.45) is 11.8 Å². The number of methoxy groups -OCH3 is 1. The highest BCUT2D eigenvalue weighted by Gasteiger charge is 2.67. The van der Waals surface area contributed by atoms with E-state index in [0.29, 0.717) is 30.6 Å². The number of aliphatic hydroxyl groups is 1. The van der Waals surface area contributed by atoms with Gasteiger partial charge in [-0.15, -0.1) is 0 Å². The Hall–Kier alpha value is -2.58. The Balaban J connectivity index is 1.48. The summed E-state index contributed by atoms with van der Waals surface area (Å²) in [5, 5.41) is 13.3. The first-order valence-corrected chi connectivity index (χ1v) is 16.6. The number of hydrogen-bond acceptors (Lipinski definition) is 6. The lowest BCUT2D eigenvalue weighted by Gasteiger charge is -2.56. The van der Waals surface area contributed by atoms with E-state index in [-0.39, 0.29) is 22.8 Å². The summed E-state index contributed by atoms with van der Waals surface area (Å²) >= 11 is 0. The fourth-order valence-corrected chi connectivity index (χ4v) is 13.3. The summed E-state index contributed by atoms with van der Waals surface area (Å²) in [6, 6.07) is 21.3. The van der Waals surface area contributed by atoms with E-state index in [1.165, 1.54) is 17.5 Å². The molecular weight excluding hydrogens is 518 g/mol. The molecule has 40 heavy (non-hydrogen) atoms. The van der Waals surface area contributed by atoms with Gasteiger partial charge in [0.2, 0.25) is 0 Å². The molecule has 3 aliphatic heterocycles. The van der Waals surface area contributed by atoms with Gasteiger partial charge in [-0.1, -0.05) is 81.4 Å². The van der Waals surface area contributed by atoms with Crippen LogP contribution in [0.3, 0.4) is 0 Å². The Labute approximate surface area is 238 Å². The van der Waals surface area contributed by atoms with Crippen LogP contribution in [0, 0.1) is 11.8 Å². The van der Waals surface area contributed by atoms with E-state index < -0.39 is 31.8 Å². The average Bonchev–Trinajstić information content (AvgIpc) is 3.19. The van der Waals surface area contributed by atoms with Crippen molar-refractivity contribution >= 4 is 30.4 Å². The van der Waals surface area contributed by atoms with Crippen LogP contribution in [0.25, 0.3) is 0 Å². The number of nitrogens with zero attached hydrogens (tertiary/aromatic N) is 1. The van der Waals surface area contributed by atoms with Crippen LogP contribution >= 0.6 is 0 Å². The van der Waals surface area contributed by atoms with Crippen LogP contribution in [0.15, 0.2) is 71.8 Å². The maximum absolute atomic E-state index is 14.1. The molecule has 1 spiro atoms. The standard InChI is InChI=1S/C33H41NO5Si/c1-32(2,3)40(23-12-7-5-8-13-23,24-14-9-6-10-15-24)39-21-22-20-26-28-27(35)17-19-34(26)33(22)18-11-16-25(31(37)38-4)29(33)30(28)36/h5-10,12-15,22,26-28,35H,11,16-21H2,1-4H3. The number of esters is 1. The Kier molecular flexibility index (Phi) is 6.93. The number of rotatable bonds is 6. The number of piperidine rings is 2. The van der Waals surface area contributed by atoms with E-state index in [1.807, 2.05) is 12.1 Å². The third-order valence-corrected chi connectivity index (χ3v) is 15.2. The number of Topliss-reactive ketones (excluding diaryl/α,β-unsaturated/α-hetero) is 1. The number of ether oxygens (including phenoxy) is 1. The first kappa shape index (κ1) is 27.6. The highest BCUT2D eigenvalue weighted by Crippen LogP contribution is 2.59. The van der Waals surface area contributed by atoms with Gasteiger partial charge in [0, 0.05) is 36.3 Å². The molecule has 0 amide bonds. The molecule has 3 heterocycles. The van der Waals surface area contributed by atoms with Crippen molar-refractivity contribution in [3.8, 4) is 0 Å². The van der Waals surface area contributed by atoms with Crippen LogP contribution in [-0.2, 0) is 18.8 Å². The minimum absolute atomic E-state index is 0.0234. The lowest BCUT2D eigenvalue weighted by molar-refractivity contribution is -0.143. The van der Waals surface area contributed by atoms with Crippen molar-refractivity contribution in [3.05, 3.63) is 71.8 Å². The van der Waals surface area contributed by atoms with E-state index in [4.69, 9.17) is 9.16 Å². The van der Waals surface area contributed by atoms with Crippen LogP contribution in [0.1, 0.15) is 52.9 Å². The zero-order valence-corrected chi connectivity index (χ0v) is 25.1. The zero-order chi connectivity index (χ0) is 28.3. The topological polar surface area (TPSA) is 76.1 Å². The van der Waals surface area contributed by atoms with Gasteiger partial charge in [0.05, 0.1) is 24.7 Å². The molecular formula is C33H41NO5Si. The first-order valence-electron chi connectivity index (χ1n) is 14.7. The lowest BCUT2D eigenvalue weighted by Crippen LogP contribution is -2.68. The van der Waals surface area contributed by atoms with E-state index in [9.17, 15) is 14.7 Å². The van der Waals surface area contributed by atoms with Crippen LogP contribution < -0.4 is 10.4 Å². The lowest BCUT2D eigenvalue weighted by atomic mass is 9.64. The Bertz CT molecular complexity index is 1280. The van der Waals surface area contributed by atoms with Crippen molar-refractivity contribution in [2.75, 3.05) is 20.3 Å². The number of carbonyl (C=O) groups excluding carboxylic acids is 2. The van der Waals surface area contributed by atoms with Crippen LogP contribution in [-0.4, -0.2) is 68.0 Å². The van der Waals surface area contributed by atoms with Gasteiger partial charge in [-0.05, 0) is 47.5 Å². The van der Waals surface area contributed by atoms with Crippen LogP contribution in [0.2, 0.25) is 5.04 Å². The minimum atomic E-state index is -2.79. The van der Waals surface area contributed by atoms with E-state index in [0.717, 1.165) is 25.8 Å². The van der Waals surface area contributed by atoms with Gasteiger partial charge in [-0.25, -0.2) is 4.79 Å². The summed E-state index contributed by atoms with van der Waals surface area (Å²) < 4.78 is 12.6. The fraction of sp³-hybridized carbons (Fsp3) is 0.515. The number of aliphatic hydroxyl groups excluding tert-OH is 1. The molecule has 1 N–H and O–H groups in total. The number of hydrogen-bond donors (Lipinski definition) is 1. The van der Waals surface area contributed by atoms with Gasteiger partial charge in [-0.2, -0.15) is 0 Å². The number of ketones is 1. The quantitative estimate of drug-likeness (QED) is 0.431. The molecule has 0 saturated carbocycles. The van der Waals surface area contributed by atoms with Crippen molar-refractivity contribution in [1.29, 1.82) is 0 Å². The molecule has 6 atom stereocenters. The van der Waals surface area contributed by atoms with Crippen molar-refractivity contribution in [3.63, 3.8) is 0 Å². The third-order valence-electron chi connectivity index (χ3n) is 10.2. The molecule has 0 radical (unpaired) electrons. The maximum atomic E-state index is 14.1. The average molecular weight is 560 g/mol. The molecule has 6 unspecified atom stereocenters. The van der Waals surface area contributed by atoms with Gasteiger partial charge < -0.3 is 14.3 Å². The van der Waals surface area contributed by atoms with Crippen molar-refractivity contribution in [1.82, 2.24) is 4.90 Å². The molecule has 6 nitrogen and oxygen atoms in total. The predicted octanol–water partition coefficient (Wildman–Crippen LogP) is 3.61. The van der Waals surface area contributed by atoms with Gasteiger partial charge in [0.1, 0.15) is 0 Å². The molecule has 3 fully saturated rings. The molecule has 2 aromatic rings. The molecule has 0 aromatic heterocycles. The highest BCUT2D eigenvalue weighted by molar-refractivity contribution is 6.99. The second-order valence-electron chi connectivity index (χ2n) is 13.0. The predicted molar refractivity (Wildman–Crippen MR) is 157 cm³/mol. The van der Waals surface area contributed by atoms with Gasteiger partial charge in [-0.3, -0.25) is 9.69 Å². The van der Waals surface area contributed by atoms with Gasteiger partial charge >= 0.3 is 5.97 Å². The highest BCUT2D eigenvalue weighted by atomic mass is 28.4. The zero-order valence-electron chi connectivity index (χ0n) is 24.1. The molecule has 2 aromatic carbocycles. The van der Waals surface area contributed by atoms with Crippen LogP contribution in [0.5, 0.6) is 0 Å². The second kappa shape index (κ2) is 10.1. The summed E-state index contributed by atoms with van der Waals surface area (Å²) in [5.41, 5.74) is 0.573. The normalized spacial score (nSPS) is 31.6. The summed E-state index contributed by atoms with van der Waals surface area (Å²) in [5.74, 6) is -0.907. The van der Waals surface area contributed by atoms with Crippen molar-refractivity contribution < 1.29 is 23.9 Å². The molecule has 7 heteroatoms. The monoisotopic (exact) mass is 559 g/mol. The van der Waals surface area contributed by atoms with E-state index in [1.54, 1.807) is 0 Å². The van der Waals surface area contributed by atoms with Crippen molar-refractivity contribution in [2.45, 2.75) is 75.6 Å². The van der Waals surface area contributed by atoms with E-state index >= 15 is 0 Å². The fourth-order valence-electron chi connectivity index (χ4n) is 8.70. The Morgan fingerprint density at radius 1 is 1.07 bits per heavy atom. The molecule has 1 aliphatic carbocycles. The maximum Gasteiger partial charge on any atom is 0.334 e. The summed E-state index contributed by atoms with van der Waals surface area (Å²) in [7, 11) is -1.40. The summed E-state index contributed by atoms with van der Waals surface area (Å²) in [4.78, 5) is 29.6. The van der Waals surface area contributed by atoms with Gasteiger partial charge in [0.15, 0.2) is 5.78 Å². The molecule has 4 aliphatic rings.